The zero-order valence-corrected chi connectivity index (χ0v) is 23.4. The van der Waals surface area contributed by atoms with Crippen molar-refractivity contribution in [3.05, 3.63) is 79.2 Å². The third-order valence-corrected chi connectivity index (χ3v) is 14.0. The molecule has 1 aliphatic heterocycles. The van der Waals surface area contributed by atoms with Gasteiger partial charge in [-0.3, -0.25) is 0 Å². The van der Waals surface area contributed by atoms with Gasteiger partial charge in [-0.15, -0.1) is 68.4 Å². The fraction of sp³-hybridized carbons (Fsp3) is 0.0667. The fourth-order valence-corrected chi connectivity index (χ4v) is 13.0. The molecule has 0 bridgehead atoms. The van der Waals surface area contributed by atoms with Gasteiger partial charge in [0.25, 0.3) is 0 Å². The molecule has 0 saturated carbocycles. The number of hydrogen-bond donors (Lipinski definition) is 0. The molecule has 170 valence electrons. The lowest BCUT2D eigenvalue weighted by atomic mass is 9.77. The molecule has 2 aliphatic rings. The molecule has 5 aromatic heterocycles. The number of thiophene rings is 5. The van der Waals surface area contributed by atoms with Crippen LogP contribution in [0.25, 0.3) is 73.0 Å². The summed E-state index contributed by atoms with van der Waals surface area (Å²) in [4.78, 5) is 1.54. The lowest BCUT2D eigenvalue weighted by Crippen LogP contribution is -2.11. The Morgan fingerprint density at radius 3 is 1.89 bits per heavy atom. The zero-order valence-electron chi connectivity index (χ0n) is 18.5. The van der Waals surface area contributed by atoms with Crippen LogP contribution >= 0.6 is 68.4 Å². The van der Waals surface area contributed by atoms with Crippen LogP contribution in [0.1, 0.15) is 21.6 Å². The van der Waals surface area contributed by atoms with Gasteiger partial charge in [-0.25, -0.2) is 0 Å². The molecule has 3 aromatic carbocycles. The summed E-state index contributed by atoms with van der Waals surface area (Å²) in [5, 5.41) is 26.0. The highest BCUT2D eigenvalue weighted by Crippen LogP contribution is 2.63. The first-order valence-corrected chi connectivity index (χ1v) is 17.2. The van der Waals surface area contributed by atoms with Gasteiger partial charge in [0.1, 0.15) is 0 Å². The molecule has 0 nitrogen and oxygen atoms in total. The number of rotatable bonds is 0. The minimum Gasteiger partial charge on any atom is -0.148 e. The molecule has 0 spiro atoms. The van der Waals surface area contributed by atoms with Crippen molar-refractivity contribution in [2.24, 2.45) is 0 Å². The van der Waals surface area contributed by atoms with Gasteiger partial charge in [0.05, 0.1) is 0 Å². The van der Waals surface area contributed by atoms with Gasteiger partial charge in [0.2, 0.25) is 0 Å². The van der Waals surface area contributed by atoms with Gasteiger partial charge in [-0.1, -0.05) is 6.08 Å². The van der Waals surface area contributed by atoms with Crippen LogP contribution in [0.5, 0.6) is 0 Å². The molecule has 6 heterocycles. The van der Waals surface area contributed by atoms with E-state index in [0.29, 0.717) is 11.2 Å². The highest BCUT2D eigenvalue weighted by atomic mass is 32.2. The Morgan fingerprint density at radius 1 is 0.528 bits per heavy atom. The smallest absolute Gasteiger partial charge is 0.0462 e. The molecular weight excluding hydrogens is 553 g/mol. The zero-order chi connectivity index (χ0) is 23.1. The predicted octanol–water partition coefficient (Wildman–Crippen LogP) is 12.0. The maximum atomic E-state index is 2.46. The van der Waals surface area contributed by atoms with Crippen molar-refractivity contribution in [1.29, 1.82) is 0 Å². The highest BCUT2D eigenvalue weighted by Gasteiger charge is 2.40. The average Bonchev–Trinajstić information content (AvgIpc) is 3.73. The van der Waals surface area contributed by atoms with Gasteiger partial charge < -0.3 is 0 Å². The Labute approximate surface area is 230 Å². The first-order valence-electron chi connectivity index (χ1n) is 11.9. The molecule has 0 fully saturated rings. The second kappa shape index (κ2) is 6.81. The van der Waals surface area contributed by atoms with Gasteiger partial charge >= 0.3 is 0 Å². The highest BCUT2D eigenvalue weighted by molar-refractivity contribution is 8.02. The molecule has 0 amide bonds. The fourth-order valence-electron chi connectivity index (χ4n) is 6.79. The Kier molecular flexibility index (Phi) is 3.76. The number of hydrogen-bond acceptors (Lipinski definition) is 6. The van der Waals surface area contributed by atoms with Crippen molar-refractivity contribution in [3.63, 3.8) is 0 Å². The van der Waals surface area contributed by atoms with Crippen LogP contribution in [-0.4, -0.2) is 0 Å². The van der Waals surface area contributed by atoms with Gasteiger partial charge in [-0.05, 0) is 84.7 Å². The van der Waals surface area contributed by atoms with Gasteiger partial charge in [-0.2, -0.15) is 0 Å². The van der Waals surface area contributed by atoms with Crippen LogP contribution in [0.3, 0.4) is 0 Å². The van der Waals surface area contributed by atoms with E-state index in [2.05, 4.69) is 68.7 Å². The third-order valence-electron chi connectivity index (χ3n) is 8.07. The summed E-state index contributed by atoms with van der Waals surface area (Å²) in [6.45, 7) is 0. The van der Waals surface area contributed by atoms with Crippen molar-refractivity contribution in [2.45, 2.75) is 11.2 Å². The normalized spacial score (nSPS) is 18.9. The number of fused-ring (bicyclic) bond motifs is 21. The summed E-state index contributed by atoms with van der Waals surface area (Å²) in [6, 6.07) is 11.9. The van der Waals surface area contributed by atoms with Gasteiger partial charge in [0, 0.05) is 72.5 Å². The molecule has 0 N–H and O–H groups in total. The van der Waals surface area contributed by atoms with Crippen molar-refractivity contribution in [1.82, 2.24) is 0 Å². The Morgan fingerprint density at radius 2 is 1.14 bits per heavy atom. The molecule has 36 heavy (non-hydrogen) atoms. The van der Waals surface area contributed by atoms with Gasteiger partial charge in [0.15, 0.2) is 0 Å². The Balaban J connectivity index is 1.65. The molecular formula is C30H14S6. The van der Waals surface area contributed by atoms with Crippen molar-refractivity contribution >= 4 is 130 Å². The van der Waals surface area contributed by atoms with Crippen LogP contribution in [0.4, 0.5) is 0 Å². The Hall–Kier alpha value is -2.19. The first-order chi connectivity index (χ1) is 17.9. The summed E-state index contributed by atoms with van der Waals surface area (Å²) >= 11 is 11.6. The summed E-state index contributed by atoms with van der Waals surface area (Å²) in [6.07, 6.45) is 2.46. The van der Waals surface area contributed by atoms with E-state index in [1.54, 1.807) is 10.4 Å². The molecule has 0 radical (unpaired) electrons. The molecule has 6 heteroatoms. The quantitative estimate of drug-likeness (QED) is 0.165. The SMILES string of the molecule is C1=CC2c3sccc3-c3c(c4c5ccsc5c5ccsc5c4c4c5ccsc5c5ccsc5c34)C2S1. The lowest BCUT2D eigenvalue weighted by molar-refractivity contribution is 0.843. The largest absolute Gasteiger partial charge is 0.148 e. The molecule has 8 aromatic rings. The second-order valence-corrected chi connectivity index (χ2v) is 15.2. The minimum atomic E-state index is 0.437. The number of benzene rings is 3. The Bertz CT molecular complexity index is 2260. The van der Waals surface area contributed by atoms with Crippen LogP contribution in [0.15, 0.2) is 68.7 Å². The van der Waals surface area contributed by atoms with Crippen LogP contribution in [0.2, 0.25) is 0 Å². The van der Waals surface area contributed by atoms with E-state index in [4.69, 9.17) is 0 Å². The second-order valence-electron chi connectivity index (χ2n) is 9.55. The number of thioether (sulfide) groups is 1. The topological polar surface area (TPSA) is 0 Å². The summed E-state index contributed by atoms with van der Waals surface area (Å²) < 4.78 is 5.80. The van der Waals surface area contributed by atoms with E-state index in [0.717, 1.165) is 0 Å². The van der Waals surface area contributed by atoms with Crippen LogP contribution in [-0.2, 0) is 0 Å². The molecule has 0 saturated heterocycles. The maximum absolute atomic E-state index is 2.46. The van der Waals surface area contributed by atoms with Crippen molar-refractivity contribution < 1.29 is 0 Å². The molecule has 1 aliphatic carbocycles. The summed E-state index contributed by atoms with van der Waals surface area (Å²) in [5.41, 5.74) is 4.55. The van der Waals surface area contributed by atoms with Crippen molar-refractivity contribution in [3.8, 4) is 11.1 Å². The third kappa shape index (κ3) is 2.18. The van der Waals surface area contributed by atoms with E-state index < -0.39 is 0 Å². The van der Waals surface area contributed by atoms with E-state index >= 15 is 0 Å². The van der Waals surface area contributed by atoms with E-state index in [9.17, 15) is 0 Å². The van der Waals surface area contributed by atoms with E-state index in [1.807, 2.05) is 68.4 Å². The lowest BCUT2D eigenvalue weighted by Gasteiger charge is -2.31. The van der Waals surface area contributed by atoms with Crippen LogP contribution in [0, 0.1) is 0 Å². The molecule has 2 atom stereocenters. The summed E-state index contributed by atoms with van der Waals surface area (Å²) in [5.74, 6) is 0.467. The number of allylic oxidation sites excluding steroid dienone is 1. The van der Waals surface area contributed by atoms with E-state index in [1.165, 1.54) is 73.0 Å². The van der Waals surface area contributed by atoms with E-state index in [-0.39, 0.29) is 0 Å². The van der Waals surface area contributed by atoms with Crippen molar-refractivity contribution in [2.75, 3.05) is 0 Å². The molecule has 10 rings (SSSR count). The standard InChI is InChI=1S/C30H14S6/c1-7-31-25-13(1)19-22(28-16(25)4-10-34-28)20-14-2-9-33-27(14)18-6-12-36-30(18)24(20)21-15-3-8-32-26(15)17-5-11-35-29(17)23(19)21/h1-12,16,28H. The van der Waals surface area contributed by atoms with Crippen LogP contribution < -0.4 is 0 Å². The predicted molar refractivity (Wildman–Crippen MR) is 169 cm³/mol. The maximum Gasteiger partial charge on any atom is 0.0462 e. The molecule has 2 unspecified atom stereocenters. The first kappa shape index (κ1) is 19.9. The minimum absolute atomic E-state index is 0.437. The summed E-state index contributed by atoms with van der Waals surface area (Å²) in [7, 11) is 0. The average molecular weight is 567 g/mol. The monoisotopic (exact) mass is 566 g/mol.